The Hall–Kier alpha value is -0.760. The van der Waals surface area contributed by atoms with Gasteiger partial charge in [0, 0.05) is 18.3 Å². The summed E-state index contributed by atoms with van der Waals surface area (Å²) in [5, 5.41) is 3.47. The summed E-state index contributed by atoms with van der Waals surface area (Å²) < 4.78 is 0. The molecule has 0 heterocycles. The van der Waals surface area contributed by atoms with Crippen LogP contribution in [0.4, 0.5) is 0 Å². The summed E-state index contributed by atoms with van der Waals surface area (Å²) in [5.74, 6) is 0. The van der Waals surface area contributed by atoms with Gasteiger partial charge in [-0.25, -0.2) is 0 Å². The SMILES string of the molecule is C=C(CCCCCCCCCCCCCCC)NCCCCC(N)C(=C)C. The first-order valence-electron chi connectivity index (χ1n) is 11.9. The van der Waals surface area contributed by atoms with Crippen molar-refractivity contribution in [2.75, 3.05) is 6.54 Å². The van der Waals surface area contributed by atoms with Crippen molar-refractivity contribution in [3.8, 4) is 0 Å². The zero-order valence-electron chi connectivity index (χ0n) is 18.8. The number of nitrogens with two attached hydrogens (primary N) is 1. The minimum Gasteiger partial charge on any atom is -0.389 e. The Balaban J connectivity index is 3.22. The van der Waals surface area contributed by atoms with Crippen LogP contribution in [0.5, 0.6) is 0 Å². The monoisotopic (exact) mass is 378 g/mol. The second kappa shape index (κ2) is 20.0. The van der Waals surface area contributed by atoms with E-state index in [2.05, 4.69) is 25.4 Å². The summed E-state index contributed by atoms with van der Waals surface area (Å²) in [6, 6.07) is 0.166. The summed E-state index contributed by atoms with van der Waals surface area (Å²) in [5.41, 5.74) is 8.29. The summed E-state index contributed by atoms with van der Waals surface area (Å²) in [6.45, 7) is 13.4. The second-order valence-corrected chi connectivity index (χ2v) is 8.47. The van der Waals surface area contributed by atoms with Gasteiger partial charge in [-0.1, -0.05) is 103 Å². The van der Waals surface area contributed by atoms with E-state index in [-0.39, 0.29) is 6.04 Å². The second-order valence-electron chi connectivity index (χ2n) is 8.47. The molecule has 2 nitrogen and oxygen atoms in total. The molecule has 0 radical (unpaired) electrons. The lowest BCUT2D eigenvalue weighted by Gasteiger charge is -2.12. The fourth-order valence-electron chi connectivity index (χ4n) is 3.45. The minimum absolute atomic E-state index is 0.166. The van der Waals surface area contributed by atoms with E-state index in [4.69, 9.17) is 5.73 Å². The van der Waals surface area contributed by atoms with Crippen molar-refractivity contribution in [2.24, 2.45) is 5.73 Å². The first-order valence-corrected chi connectivity index (χ1v) is 11.9. The Kier molecular flexibility index (Phi) is 19.4. The molecule has 0 aromatic carbocycles. The maximum absolute atomic E-state index is 5.98. The van der Waals surface area contributed by atoms with Crippen LogP contribution in [0.25, 0.3) is 0 Å². The maximum atomic E-state index is 5.98. The Morgan fingerprint density at radius 2 is 1.22 bits per heavy atom. The number of rotatable bonds is 21. The van der Waals surface area contributed by atoms with Gasteiger partial charge in [-0.15, -0.1) is 0 Å². The lowest BCUT2D eigenvalue weighted by molar-refractivity contribution is 0.536. The largest absolute Gasteiger partial charge is 0.389 e. The molecule has 1 atom stereocenters. The third-order valence-corrected chi connectivity index (χ3v) is 5.53. The van der Waals surface area contributed by atoms with E-state index in [1.165, 1.54) is 95.6 Å². The zero-order chi connectivity index (χ0) is 20.2. The average Bonchev–Trinajstić information content (AvgIpc) is 2.64. The van der Waals surface area contributed by atoms with E-state index in [1.807, 2.05) is 6.92 Å². The maximum Gasteiger partial charge on any atom is 0.0248 e. The van der Waals surface area contributed by atoms with Crippen LogP contribution in [-0.4, -0.2) is 12.6 Å². The third kappa shape index (κ3) is 19.8. The Morgan fingerprint density at radius 1 is 0.741 bits per heavy atom. The fraction of sp³-hybridized carbons (Fsp3) is 0.840. The molecule has 0 saturated heterocycles. The van der Waals surface area contributed by atoms with Crippen LogP contribution in [0.3, 0.4) is 0 Å². The highest BCUT2D eigenvalue weighted by molar-refractivity contribution is 4.99. The molecule has 160 valence electrons. The van der Waals surface area contributed by atoms with Gasteiger partial charge in [-0.2, -0.15) is 0 Å². The van der Waals surface area contributed by atoms with Crippen LogP contribution in [-0.2, 0) is 0 Å². The number of hydrogen-bond acceptors (Lipinski definition) is 2. The van der Waals surface area contributed by atoms with Gasteiger partial charge >= 0.3 is 0 Å². The number of unbranched alkanes of at least 4 members (excludes halogenated alkanes) is 13. The van der Waals surface area contributed by atoms with Gasteiger partial charge in [0.05, 0.1) is 0 Å². The molecule has 0 saturated carbocycles. The van der Waals surface area contributed by atoms with Gasteiger partial charge < -0.3 is 11.1 Å². The van der Waals surface area contributed by atoms with Crippen molar-refractivity contribution in [3.05, 3.63) is 24.4 Å². The fourth-order valence-corrected chi connectivity index (χ4v) is 3.45. The van der Waals surface area contributed by atoms with Gasteiger partial charge in [0.15, 0.2) is 0 Å². The van der Waals surface area contributed by atoms with E-state index in [9.17, 15) is 0 Å². The molecular formula is C25H50N2. The van der Waals surface area contributed by atoms with Crippen molar-refractivity contribution in [3.63, 3.8) is 0 Å². The molecule has 2 heteroatoms. The molecule has 1 unspecified atom stereocenters. The molecule has 0 amide bonds. The minimum atomic E-state index is 0.166. The summed E-state index contributed by atoms with van der Waals surface area (Å²) in [7, 11) is 0. The number of hydrogen-bond donors (Lipinski definition) is 2. The molecule has 3 N–H and O–H groups in total. The molecule has 0 spiro atoms. The number of nitrogens with one attached hydrogen (secondary N) is 1. The van der Waals surface area contributed by atoms with Crippen LogP contribution in [0, 0.1) is 0 Å². The summed E-state index contributed by atoms with van der Waals surface area (Å²) >= 11 is 0. The van der Waals surface area contributed by atoms with E-state index in [1.54, 1.807) is 0 Å². The molecule has 0 fully saturated rings. The van der Waals surface area contributed by atoms with Crippen LogP contribution >= 0.6 is 0 Å². The predicted octanol–water partition coefficient (Wildman–Crippen LogP) is 7.64. The lowest BCUT2D eigenvalue weighted by atomic mass is 10.0. The molecule has 27 heavy (non-hydrogen) atoms. The molecule has 0 aliphatic rings. The molecular weight excluding hydrogens is 328 g/mol. The molecule has 0 aliphatic carbocycles. The van der Waals surface area contributed by atoms with Crippen molar-refractivity contribution in [2.45, 2.75) is 129 Å². The smallest absolute Gasteiger partial charge is 0.0248 e. The predicted molar refractivity (Wildman–Crippen MR) is 124 cm³/mol. The number of allylic oxidation sites excluding steroid dienone is 1. The van der Waals surface area contributed by atoms with Crippen LogP contribution in [0.15, 0.2) is 24.4 Å². The van der Waals surface area contributed by atoms with Crippen LogP contribution in [0.2, 0.25) is 0 Å². The van der Waals surface area contributed by atoms with Crippen molar-refractivity contribution in [1.29, 1.82) is 0 Å². The zero-order valence-corrected chi connectivity index (χ0v) is 18.8. The molecule has 0 rings (SSSR count). The van der Waals surface area contributed by atoms with Crippen molar-refractivity contribution < 1.29 is 0 Å². The molecule has 0 aromatic heterocycles. The van der Waals surface area contributed by atoms with E-state index in [0.717, 1.165) is 31.4 Å². The highest BCUT2D eigenvalue weighted by Crippen LogP contribution is 2.13. The Morgan fingerprint density at radius 3 is 1.70 bits per heavy atom. The first kappa shape index (κ1) is 26.2. The standard InChI is InChI=1S/C25H50N2/c1-5-6-7-8-9-10-11-12-13-14-15-16-17-20-24(4)27-22-19-18-21-25(26)23(2)3/h25,27H,2,4-22,26H2,1,3H3. The lowest BCUT2D eigenvalue weighted by Crippen LogP contribution is -2.21. The highest BCUT2D eigenvalue weighted by Gasteiger charge is 2.02. The molecule has 0 aromatic rings. The molecule has 0 bridgehead atoms. The topological polar surface area (TPSA) is 38.0 Å². The van der Waals surface area contributed by atoms with E-state index in [0.29, 0.717) is 0 Å². The van der Waals surface area contributed by atoms with Gasteiger partial charge in [-0.05, 0) is 39.0 Å². The normalized spacial score (nSPS) is 12.1. The van der Waals surface area contributed by atoms with E-state index < -0.39 is 0 Å². The first-order chi connectivity index (χ1) is 13.1. The third-order valence-electron chi connectivity index (χ3n) is 5.53. The summed E-state index contributed by atoms with van der Waals surface area (Å²) in [6.07, 6.45) is 22.8. The Bertz CT molecular complexity index is 348. The van der Waals surface area contributed by atoms with Crippen LogP contribution in [0.1, 0.15) is 123 Å². The summed E-state index contributed by atoms with van der Waals surface area (Å²) in [4.78, 5) is 0. The highest BCUT2D eigenvalue weighted by atomic mass is 14.9. The quantitative estimate of drug-likeness (QED) is 0.159. The van der Waals surface area contributed by atoms with Crippen molar-refractivity contribution in [1.82, 2.24) is 5.32 Å². The van der Waals surface area contributed by atoms with Gasteiger partial charge in [-0.3, -0.25) is 0 Å². The van der Waals surface area contributed by atoms with Gasteiger partial charge in [0.1, 0.15) is 0 Å². The van der Waals surface area contributed by atoms with E-state index >= 15 is 0 Å². The Labute approximate surface area is 171 Å². The van der Waals surface area contributed by atoms with Crippen molar-refractivity contribution >= 4 is 0 Å². The van der Waals surface area contributed by atoms with Gasteiger partial charge in [0.2, 0.25) is 0 Å². The molecule has 0 aliphatic heterocycles. The van der Waals surface area contributed by atoms with Gasteiger partial charge in [0.25, 0.3) is 0 Å². The van der Waals surface area contributed by atoms with Crippen LogP contribution < -0.4 is 11.1 Å². The average molecular weight is 379 g/mol.